The van der Waals surface area contributed by atoms with Crippen LogP contribution in [0, 0.1) is 5.92 Å². The van der Waals surface area contributed by atoms with Crippen molar-refractivity contribution in [3.8, 4) is 11.5 Å². The Morgan fingerprint density at radius 2 is 1.70 bits per heavy atom. The molecule has 2 N–H and O–H groups in total. The largest absolute Gasteiger partial charge is 0.497 e. The van der Waals surface area contributed by atoms with Crippen molar-refractivity contribution in [3.05, 3.63) is 81.8 Å². The molecule has 2 aliphatic heterocycles. The number of fused-ring (bicyclic) bond motifs is 4. The van der Waals surface area contributed by atoms with Crippen LogP contribution in [0.3, 0.4) is 0 Å². The summed E-state index contributed by atoms with van der Waals surface area (Å²) in [6, 6.07) is 16.0. The van der Waals surface area contributed by atoms with Crippen molar-refractivity contribution in [1.29, 1.82) is 0 Å². The SMILES string of the molecule is CCC(C)NC(=O)c1ccc(N2CC3CC(C2)c2cccc(=O)n2C3)c(NC(=O)c2cc(OC)cc(OC)c2)c1. The van der Waals surface area contributed by atoms with Crippen LogP contribution >= 0.6 is 0 Å². The number of ether oxygens (including phenoxy) is 2. The van der Waals surface area contributed by atoms with Crippen LogP contribution in [0.25, 0.3) is 0 Å². The van der Waals surface area contributed by atoms with Gasteiger partial charge in [0.05, 0.1) is 25.6 Å². The first kappa shape index (κ1) is 27.3. The smallest absolute Gasteiger partial charge is 0.255 e. The normalized spacial score (nSPS) is 18.4. The van der Waals surface area contributed by atoms with Crippen molar-refractivity contribution in [2.24, 2.45) is 5.92 Å². The standard InChI is InChI=1S/C31H36N4O5/c1-5-19(2)32-30(37)21-9-10-28(26(14-21)33-31(38)22-12-24(39-3)15-25(13-22)40-4)34-16-20-11-23(18-34)27-7-6-8-29(36)35(27)17-20/h6-10,12-15,19-20,23H,5,11,16-18H2,1-4H3,(H,32,37)(H,33,38). The van der Waals surface area contributed by atoms with Gasteiger partial charge in [-0.2, -0.15) is 0 Å². The number of methoxy groups -OCH3 is 2. The number of amides is 2. The number of hydrogen-bond acceptors (Lipinski definition) is 6. The van der Waals surface area contributed by atoms with Gasteiger partial charge in [-0.05, 0) is 62.1 Å². The third-order valence-electron chi connectivity index (χ3n) is 7.93. The summed E-state index contributed by atoms with van der Waals surface area (Å²) in [6.07, 6.45) is 1.83. The minimum absolute atomic E-state index is 0.0272. The van der Waals surface area contributed by atoms with E-state index in [-0.39, 0.29) is 29.3 Å². The summed E-state index contributed by atoms with van der Waals surface area (Å²) in [5, 5.41) is 6.06. The second-order valence-corrected chi connectivity index (χ2v) is 10.7. The van der Waals surface area contributed by atoms with Gasteiger partial charge in [0.2, 0.25) is 0 Å². The molecule has 1 aromatic heterocycles. The number of hydrogen-bond donors (Lipinski definition) is 2. The number of carbonyl (C=O) groups excluding carboxylic acids is 2. The zero-order valence-corrected chi connectivity index (χ0v) is 23.4. The van der Waals surface area contributed by atoms with Crippen molar-refractivity contribution in [1.82, 2.24) is 9.88 Å². The van der Waals surface area contributed by atoms with Gasteiger partial charge < -0.3 is 29.6 Å². The monoisotopic (exact) mass is 544 g/mol. The molecule has 0 spiro atoms. The van der Waals surface area contributed by atoms with Crippen LogP contribution in [0.5, 0.6) is 11.5 Å². The van der Waals surface area contributed by atoms with Crippen molar-refractivity contribution < 1.29 is 19.1 Å². The van der Waals surface area contributed by atoms with Gasteiger partial charge in [0.1, 0.15) is 11.5 Å². The van der Waals surface area contributed by atoms with E-state index in [1.807, 2.05) is 36.6 Å². The average molecular weight is 545 g/mol. The topological polar surface area (TPSA) is 102 Å². The number of anilines is 2. The van der Waals surface area contributed by atoms with Crippen LogP contribution in [-0.4, -0.2) is 49.7 Å². The molecule has 2 aliphatic rings. The lowest BCUT2D eigenvalue weighted by Crippen LogP contribution is -2.47. The third-order valence-corrected chi connectivity index (χ3v) is 7.93. The molecule has 2 amide bonds. The first-order valence-corrected chi connectivity index (χ1v) is 13.7. The molecule has 9 heteroatoms. The van der Waals surface area contributed by atoms with Gasteiger partial charge in [0.25, 0.3) is 17.4 Å². The number of nitrogens with one attached hydrogen (secondary N) is 2. The molecule has 3 heterocycles. The van der Waals surface area contributed by atoms with Crippen LogP contribution in [-0.2, 0) is 6.54 Å². The molecule has 0 aliphatic carbocycles. The van der Waals surface area contributed by atoms with Gasteiger partial charge in [0.15, 0.2) is 0 Å². The molecule has 3 aromatic rings. The summed E-state index contributed by atoms with van der Waals surface area (Å²) in [5.74, 6) is 0.968. The fourth-order valence-corrected chi connectivity index (χ4v) is 5.69. The van der Waals surface area contributed by atoms with Gasteiger partial charge in [-0.1, -0.05) is 13.0 Å². The second-order valence-electron chi connectivity index (χ2n) is 10.7. The van der Waals surface area contributed by atoms with Gasteiger partial charge >= 0.3 is 0 Å². The first-order valence-electron chi connectivity index (χ1n) is 13.7. The molecule has 1 saturated heterocycles. The molecule has 5 rings (SSSR count). The van der Waals surface area contributed by atoms with E-state index in [0.717, 1.165) is 30.8 Å². The molecule has 0 saturated carbocycles. The number of piperidine rings is 1. The Morgan fingerprint density at radius 1 is 0.950 bits per heavy atom. The highest BCUT2D eigenvalue weighted by Crippen LogP contribution is 2.39. The lowest BCUT2D eigenvalue weighted by Gasteiger charge is -2.44. The highest BCUT2D eigenvalue weighted by Gasteiger charge is 2.35. The second kappa shape index (κ2) is 11.5. The first-order chi connectivity index (χ1) is 19.3. The molecule has 2 bridgehead atoms. The van der Waals surface area contributed by atoms with Crippen LogP contribution in [0.2, 0.25) is 0 Å². The molecule has 2 aromatic carbocycles. The van der Waals surface area contributed by atoms with E-state index in [1.165, 1.54) is 14.2 Å². The molecule has 3 atom stereocenters. The summed E-state index contributed by atoms with van der Waals surface area (Å²) < 4.78 is 12.6. The van der Waals surface area contributed by atoms with Crippen molar-refractivity contribution in [2.75, 3.05) is 37.5 Å². The van der Waals surface area contributed by atoms with Crippen LogP contribution in [0.15, 0.2) is 59.4 Å². The van der Waals surface area contributed by atoms with Gasteiger partial charge in [0, 0.05) is 60.5 Å². The number of carbonyl (C=O) groups is 2. The lowest BCUT2D eigenvalue weighted by atomic mass is 9.83. The van der Waals surface area contributed by atoms with Crippen molar-refractivity contribution >= 4 is 23.2 Å². The van der Waals surface area contributed by atoms with Crippen molar-refractivity contribution in [2.45, 2.75) is 45.2 Å². The number of aromatic nitrogens is 1. The van der Waals surface area contributed by atoms with E-state index in [2.05, 4.69) is 15.5 Å². The Labute approximate surface area is 234 Å². The summed E-state index contributed by atoms with van der Waals surface area (Å²) in [6.45, 7) is 6.09. The summed E-state index contributed by atoms with van der Waals surface area (Å²) in [7, 11) is 3.07. The maximum Gasteiger partial charge on any atom is 0.255 e. The Balaban J connectivity index is 1.49. The van der Waals surface area contributed by atoms with E-state index in [9.17, 15) is 14.4 Å². The number of rotatable bonds is 8. The Morgan fingerprint density at radius 3 is 2.40 bits per heavy atom. The highest BCUT2D eigenvalue weighted by atomic mass is 16.5. The van der Waals surface area contributed by atoms with E-state index in [4.69, 9.17) is 9.47 Å². The minimum Gasteiger partial charge on any atom is -0.497 e. The van der Waals surface area contributed by atoms with Gasteiger partial charge in [-0.3, -0.25) is 14.4 Å². The molecular weight excluding hydrogens is 508 g/mol. The predicted octanol–water partition coefficient (Wildman–Crippen LogP) is 4.27. The highest BCUT2D eigenvalue weighted by molar-refractivity contribution is 6.07. The summed E-state index contributed by atoms with van der Waals surface area (Å²) in [5.41, 5.74) is 3.32. The van der Waals surface area contributed by atoms with Crippen LogP contribution < -0.4 is 30.6 Å². The molecule has 210 valence electrons. The summed E-state index contributed by atoms with van der Waals surface area (Å²) >= 11 is 0. The average Bonchev–Trinajstić information content (AvgIpc) is 2.97. The van der Waals surface area contributed by atoms with E-state index < -0.39 is 0 Å². The quantitative estimate of drug-likeness (QED) is 0.439. The maximum atomic E-state index is 13.5. The number of nitrogens with zero attached hydrogens (tertiary/aromatic N) is 2. The Bertz CT molecular complexity index is 1460. The summed E-state index contributed by atoms with van der Waals surface area (Å²) in [4.78, 5) is 41.3. The van der Waals surface area contributed by atoms with Crippen LogP contribution in [0.4, 0.5) is 11.4 Å². The third kappa shape index (κ3) is 5.54. The van der Waals surface area contributed by atoms with Crippen molar-refractivity contribution in [3.63, 3.8) is 0 Å². The van der Waals surface area contributed by atoms with E-state index >= 15 is 0 Å². The molecule has 0 radical (unpaired) electrons. The molecular formula is C31H36N4O5. The van der Waals surface area contributed by atoms with Gasteiger partial charge in [-0.25, -0.2) is 0 Å². The fourth-order valence-electron chi connectivity index (χ4n) is 5.69. The number of benzene rings is 2. The molecule has 1 fully saturated rings. The zero-order chi connectivity index (χ0) is 28.4. The van der Waals surface area contributed by atoms with E-state index in [1.54, 1.807) is 36.4 Å². The number of pyridine rings is 1. The molecule has 9 nitrogen and oxygen atoms in total. The Hall–Kier alpha value is -4.27. The van der Waals surface area contributed by atoms with Gasteiger partial charge in [-0.15, -0.1) is 0 Å². The Kier molecular flexibility index (Phi) is 7.82. The minimum atomic E-state index is -0.341. The predicted molar refractivity (Wildman–Crippen MR) is 155 cm³/mol. The molecule has 40 heavy (non-hydrogen) atoms. The lowest BCUT2D eigenvalue weighted by molar-refractivity contribution is 0.0938. The fraction of sp³-hybridized carbons (Fsp3) is 0.387. The zero-order valence-electron chi connectivity index (χ0n) is 23.4. The van der Waals surface area contributed by atoms with E-state index in [0.29, 0.717) is 47.3 Å². The molecule has 3 unspecified atom stereocenters. The van der Waals surface area contributed by atoms with Crippen LogP contribution in [0.1, 0.15) is 59.0 Å². The maximum absolute atomic E-state index is 13.5.